The zero-order valence-corrected chi connectivity index (χ0v) is 29.9. The van der Waals surface area contributed by atoms with Gasteiger partial charge in [0.25, 0.3) is 0 Å². The average Bonchev–Trinajstić information content (AvgIpc) is 3.46. The van der Waals surface area contributed by atoms with Crippen molar-refractivity contribution in [2.45, 2.75) is 90.8 Å². The Labute approximate surface area is 289 Å². The zero-order valence-electron chi connectivity index (χ0n) is 29.9. The number of rotatable bonds is 10. The molecule has 3 fully saturated rings. The molecule has 2 aromatic carbocycles. The molecular formula is C37H50BN5O6. The number of amides is 3. The van der Waals surface area contributed by atoms with Crippen molar-refractivity contribution in [1.82, 2.24) is 20.0 Å². The Morgan fingerprint density at radius 1 is 1.08 bits per heavy atom. The maximum atomic E-state index is 13.0. The van der Waals surface area contributed by atoms with Crippen LogP contribution in [0.1, 0.15) is 83.9 Å². The Morgan fingerprint density at radius 2 is 1.80 bits per heavy atom. The summed E-state index contributed by atoms with van der Waals surface area (Å²) < 4.78 is 20.4. The molecule has 0 aliphatic carbocycles. The van der Waals surface area contributed by atoms with Gasteiger partial charge in [-0.2, -0.15) is 5.10 Å². The van der Waals surface area contributed by atoms with Crippen molar-refractivity contribution in [3.8, 4) is 5.75 Å². The molecule has 49 heavy (non-hydrogen) atoms. The van der Waals surface area contributed by atoms with E-state index in [9.17, 15) is 14.4 Å². The molecular weight excluding hydrogens is 621 g/mol. The Bertz CT molecular complexity index is 1710. The van der Waals surface area contributed by atoms with E-state index in [0.29, 0.717) is 49.2 Å². The van der Waals surface area contributed by atoms with Crippen LogP contribution in [0.15, 0.2) is 36.4 Å². The molecule has 262 valence electrons. The van der Waals surface area contributed by atoms with Gasteiger partial charge in [0.15, 0.2) is 0 Å². The molecule has 0 bridgehead atoms. The number of carbonyl (C=O) groups is 3. The minimum Gasteiger partial charge on any atom is -0.493 e. The lowest BCUT2D eigenvalue weighted by Gasteiger charge is -2.32. The molecule has 2 N–H and O–H groups in total. The number of carbonyl (C=O) groups excluding carboxylic acids is 3. The molecule has 2 atom stereocenters. The van der Waals surface area contributed by atoms with Crippen LogP contribution < -0.4 is 20.8 Å². The normalized spacial score (nSPS) is 21.9. The number of piperidine rings is 2. The molecule has 3 aliphatic heterocycles. The monoisotopic (exact) mass is 671 g/mol. The quantitative estimate of drug-likeness (QED) is 0.239. The Balaban J connectivity index is 0.935. The van der Waals surface area contributed by atoms with Gasteiger partial charge >= 0.3 is 7.12 Å². The van der Waals surface area contributed by atoms with Crippen molar-refractivity contribution in [3.05, 3.63) is 47.7 Å². The highest BCUT2D eigenvalue weighted by Crippen LogP contribution is 2.37. The first-order chi connectivity index (χ1) is 23.2. The van der Waals surface area contributed by atoms with Crippen LogP contribution in [0.25, 0.3) is 10.9 Å². The SMILES string of the molecule is Cc1cc(OC[C@@H](C)CC2CCN(CC(=O)Nc3ccc4c(C5CCC(=O)NC5=O)nn(C)c4c3)CC2)ccc1B1OC(C)(C)C(C)(C)O1. The summed E-state index contributed by atoms with van der Waals surface area (Å²) in [5.74, 6) is 0.821. The fourth-order valence-electron chi connectivity index (χ4n) is 7.21. The number of aromatic nitrogens is 2. The maximum absolute atomic E-state index is 13.0. The number of nitrogens with one attached hydrogen (secondary N) is 2. The van der Waals surface area contributed by atoms with Crippen LogP contribution in [0, 0.1) is 18.8 Å². The highest BCUT2D eigenvalue weighted by Gasteiger charge is 2.52. The third-order valence-corrected chi connectivity index (χ3v) is 10.8. The molecule has 1 aromatic heterocycles. The molecule has 3 aromatic rings. The molecule has 3 aliphatic rings. The van der Waals surface area contributed by atoms with Crippen LogP contribution in [0.2, 0.25) is 0 Å². The lowest BCUT2D eigenvalue weighted by Crippen LogP contribution is -2.41. The largest absolute Gasteiger partial charge is 0.495 e. The molecule has 0 radical (unpaired) electrons. The standard InChI is InChI=1S/C37H50BN5O6/c1-23(22-47-27-9-12-30(24(2)19-27)38-48-36(3,4)37(5,6)49-38)18-25-14-16-43(17-15-25)21-33(45)39-26-8-10-28-31(20-26)42(7)41-34(28)29-11-13-32(44)40-35(29)46/h8-10,12,19-20,23,25,29H,11,13-18,21-22H2,1-7H3,(H,39,45)(H,40,44,46)/t23-,29?/m0/s1. The van der Waals surface area contributed by atoms with E-state index in [-0.39, 0.29) is 36.0 Å². The number of hydrogen-bond acceptors (Lipinski definition) is 8. The van der Waals surface area contributed by atoms with Crippen molar-refractivity contribution in [2.24, 2.45) is 18.9 Å². The molecule has 12 heteroatoms. The first-order valence-electron chi connectivity index (χ1n) is 17.6. The Kier molecular flexibility index (Phi) is 9.94. The van der Waals surface area contributed by atoms with Gasteiger partial charge in [0.05, 0.1) is 41.5 Å². The summed E-state index contributed by atoms with van der Waals surface area (Å²) in [7, 11) is 1.44. The summed E-state index contributed by atoms with van der Waals surface area (Å²) in [5.41, 5.74) is 3.56. The molecule has 4 heterocycles. The predicted octanol–water partition coefficient (Wildman–Crippen LogP) is 4.46. The van der Waals surface area contributed by atoms with Gasteiger partial charge in [0, 0.05) is 24.5 Å². The summed E-state index contributed by atoms with van der Waals surface area (Å²) in [6.45, 7) is 15.4. The van der Waals surface area contributed by atoms with E-state index in [1.54, 1.807) is 4.68 Å². The molecule has 0 spiro atoms. The number of aryl methyl sites for hydroxylation is 2. The van der Waals surface area contributed by atoms with Gasteiger partial charge in [0.1, 0.15) is 5.75 Å². The fourth-order valence-corrected chi connectivity index (χ4v) is 7.21. The summed E-state index contributed by atoms with van der Waals surface area (Å²) in [6, 6.07) is 11.8. The topological polar surface area (TPSA) is 124 Å². The van der Waals surface area contributed by atoms with Crippen LogP contribution in [0.4, 0.5) is 5.69 Å². The average molecular weight is 672 g/mol. The van der Waals surface area contributed by atoms with Crippen molar-refractivity contribution in [3.63, 3.8) is 0 Å². The summed E-state index contributed by atoms with van der Waals surface area (Å²) in [6.07, 6.45) is 3.95. The number of nitrogens with zero attached hydrogens (tertiary/aromatic N) is 3. The maximum Gasteiger partial charge on any atom is 0.495 e. The van der Waals surface area contributed by atoms with E-state index in [4.69, 9.17) is 14.0 Å². The third-order valence-electron chi connectivity index (χ3n) is 10.8. The van der Waals surface area contributed by atoms with E-state index in [2.05, 4.69) is 74.3 Å². The van der Waals surface area contributed by atoms with Gasteiger partial charge in [-0.05, 0) is 127 Å². The van der Waals surface area contributed by atoms with Crippen molar-refractivity contribution in [2.75, 3.05) is 31.6 Å². The molecule has 11 nitrogen and oxygen atoms in total. The van der Waals surface area contributed by atoms with Crippen LogP contribution in [-0.4, -0.2) is 77.0 Å². The second-order valence-corrected chi connectivity index (χ2v) is 15.3. The number of hydrogen-bond donors (Lipinski definition) is 2. The van der Waals surface area contributed by atoms with Crippen molar-refractivity contribution >= 4 is 46.9 Å². The van der Waals surface area contributed by atoms with Gasteiger partial charge < -0.3 is 19.4 Å². The zero-order chi connectivity index (χ0) is 35.1. The lowest BCUT2D eigenvalue weighted by molar-refractivity contribution is -0.134. The van der Waals surface area contributed by atoms with Gasteiger partial charge in [-0.3, -0.25) is 29.3 Å². The van der Waals surface area contributed by atoms with E-state index in [1.165, 1.54) is 0 Å². The van der Waals surface area contributed by atoms with Crippen LogP contribution in [0.3, 0.4) is 0 Å². The predicted molar refractivity (Wildman–Crippen MR) is 190 cm³/mol. The van der Waals surface area contributed by atoms with Gasteiger partial charge in [0.2, 0.25) is 17.7 Å². The lowest BCUT2D eigenvalue weighted by atomic mass is 9.76. The van der Waals surface area contributed by atoms with E-state index >= 15 is 0 Å². The number of likely N-dealkylation sites (tertiary alicyclic amines) is 1. The highest BCUT2D eigenvalue weighted by molar-refractivity contribution is 6.62. The summed E-state index contributed by atoms with van der Waals surface area (Å²) in [5, 5.41) is 10.9. The number of anilines is 1. The number of fused-ring (bicyclic) bond motifs is 1. The van der Waals surface area contributed by atoms with Crippen molar-refractivity contribution < 1.29 is 28.4 Å². The molecule has 1 unspecified atom stereocenters. The van der Waals surface area contributed by atoms with Crippen LogP contribution in [-0.2, 0) is 30.7 Å². The van der Waals surface area contributed by atoms with Gasteiger partial charge in [-0.15, -0.1) is 0 Å². The Morgan fingerprint density at radius 3 is 2.47 bits per heavy atom. The first-order valence-corrected chi connectivity index (χ1v) is 17.6. The van der Waals surface area contributed by atoms with E-state index in [0.717, 1.165) is 60.0 Å². The first kappa shape index (κ1) is 35.1. The van der Waals surface area contributed by atoms with Gasteiger partial charge in [-0.1, -0.05) is 13.0 Å². The number of benzene rings is 2. The van der Waals surface area contributed by atoms with Crippen LogP contribution >= 0.6 is 0 Å². The fraction of sp³-hybridized carbons (Fsp3) is 0.568. The number of ether oxygens (including phenoxy) is 1. The second-order valence-electron chi connectivity index (χ2n) is 15.3. The Hall–Kier alpha value is -3.74. The van der Waals surface area contributed by atoms with E-state index in [1.807, 2.05) is 31.3 Å². The minimum atomic E-state index is -0.462. The summed E-state index contributed by atoms with van der Waals surface area (Å²) in [4.78, 5) is 39.3. The summed E-state index contributed by atoms with van der Waals surface area (Å²) >= 11 is 0. The molecule has 3 saturated heterocycles. The van der Waals surface area contributed by atoms with Crippen LogP contribution in [0.5, 0.6) is 5.75 Å². The van der Waals surface area contributed by atoms with Gasteiger partial charge in [-0.25, -0.2) is 0 Å². The highest BCUT2D eigenvalue weighted by atomic mass is 16.7. The third kappa shape index (κ3) is 7.71. The minimum absolute atomic E-state index is 0.0491. The van der Waals surface area contributed by atoms with Crippen molar-refractivity contribution in [1.29, 1.82) is 0 Å². The molecule has 0 saturated carbocycles. The van der Waals surface area contributed by atoms with E-state index < -0.39 is 5.92 Å². The molecule has 3 amide bonds. The smallest absolute Gasteiger partial charge is 0.493 e. The molecule has 6 rings (SSSR count). The number of imide groups is 1. The second kappa shape index (κ2) is 13.9.